The number of hydrogen-bond acceptors (Lipinski definition) is 5. The topological polar surface area (TPSA) is 100 Å². The summed E-state index contributed by atoms with van der Waals surface area (Å²) in [4.78, 5) is 24.9. The number of ether oxygens (including phenoxy) is 2. The van der Waals surface area contributed by atoms with Crippen LogP contribution in [-0.2, 0) is 15.8 Å². The Morgan fingerprint density at radius 1 is 1.00 bits per heavy atom. The fourth-order valence-electron chi connectivity index (χ4n) is 3.38. The molecular weight excluding hydrogens is 499 g/mol. The van der Waals surface area contributed by atoms with Gasteiger partial charge in [0.2, 0.25) is 0 Å². The molecule has 2 amide bonds. The summed E-state index contributed by atoms with van der Waals surface area (Å²) in [7, 11) is 1.39. The maximum absolute atomic E-state index is 12.9. The van der Waals surface area contributed by atoms with Gasteiger partial charge in [0.15, 0.2) is 18.1 Å². The number of methoxy groups -OCH3 is 1. The number of amides is 2. The molecule has 0 spiro atoms. The van der Waals surface area contributed by atoms with Crippen LogP contribution in [0.5, 0.6) is 11.5 Å². The number of rotatable bonds is 8. The van der Waals surface area contributed by atoms with E-state index in [2.05, 4.69) is 10.6 Å². The van der Waals surface area contributed by atoms with Crippen molar-refractivity contribution >= 4 is 29.3 Å². The van der Waals surface area contributed by atoms with E-state index >= 15 is 0 Å². The molecule has 0 aliphatic carbocycles. The molecule has 7 nitrogen and oxygen atoms in total. The molecule has 10 heteroatoms. The number of nitriles is 1. The minimum Gasteiger partial charge on any atom is -0.493 e. The summed E-state index contributed by atoms with van der Waals surface area (Å²) >= 11 is 0. The molecule has 0 bridgehead atoms. The predicted octanol–water partition coefficient (Wildman–Crippen LogP) is 5.89. The van der Waals surface area contributed by atoms with E-state index in [0.717, 1.165) is 29.3 Å². The van der Waals surface area contributed by atoms with Gasteiger partial charge >= 0.3 is 6.18 Å². The molecule has 3 aromatic rings. The third-order valence-electron chi connectivity index (χ3n) is 5.34. The number of alkyl halides is 3. The standard InChI is InChI=1S/C28H24F3N3O4/c1-17-7-8-18(2)23(11-17)34-26(35)16-38-24-10-9-19(13-25(24)37-3)12-20(15-32)27(36)33-22-6-4-5-21(14-22)28(29,30)31/h4-14H,16H2,1-3H3,(H,33,36)(H,34,35)/b20-12+. The molecular formula is C28H24F3N3O4. The Balaban J connectivity index is 1.70. The zero-order valence-electron chi connectivity index (χ0n) is 20.8. The number of nitrogens with zero attached hydrogens (tertiary/aromatic N) is 1. The van der Waals surface area contributed by atoms with Crippen molar-refractivity contribution in [1.82, 2.24) is 0 Å². The average molecular weight is 524 g/mol. The highest BCUT2D eigenvalue weighted by Crippen LogP contribution is 2.31. The number of carbonyl (C=O) groups excluding carboxylic acids is 2. The number of carbonyl (C=O) groups is 2. The first kappa shape index (κ1) is 27.8. The van der Waals surface area contributed by atoms with Crippen LogP contribution in [0.2, 0.25) is 0 Å². The summed E-state index contributed by atoms with van der Waals surface area (Å²) in [5.74, 6) is -0.751. The SMILES string of the molecule is COc1cc(/C=C(\C#N)C(=O)Nc2cccc(C(F)(F)F)c2)ccc1OCC(=O)Nc1cc(C)ccc1C. The first-order chi connectivity index (χ1) is 18.0. The quantitative estimate of drug-likeness (QED) is 0.283. The molecule has 196 valence electrons. The lowest BCUT2D eigenvalue weighted by Crippen LogP contribution is -2.20. The Labute approximate surface area is 217 Å². The van der Waals surface area contributed by atoms with Crippen molar-refractivity contribution in [3.05, 3.63) is 88.5 Å². The van der Waals surface area contributed by atoms with Crippen LogP contribution in [0.25, 0.3) is 6.08 Å². The second-order valence-electron chi connectivity index (χ2n) is 8.27. The van der Waals surface area contributed by atoms with Crippen molar-refractivity contribution in [3.8, 4) is 17.6 Å². The van der Waals surface area contributed by atoms with Crippen LogP contribution in [0.4, 0.5) is 24.5 Å². The van der Waals surface area contributed by atoms with Crippen molar-refractivity contribution in [2.24, 2.45) is 0 Å². The van der Waals surface area contributed by atoms with Crippen molar-refractivity contribution in [2.75, 3.05) is 24.4 Å². The summed E-state index contributed by atoms with van der Waals surface area (Å²) in [5, 5.41) is 14.5. The number of anilines is 2. The Kier molecular flexibility index (Phi) is 8.76. The Morgan fingerprint density at radius 3 is 2.45 bits per heavy atom. The van der Waals surface area contributed by atoms with Gasteiger partial charge in [-0.1, -0.05) is 24.3 Å². The lowest BCUT2D eigenvalue weighted by atomic mass is 10.1. The molecule has 38 heavy (non-hydrogen) atoms. The highest BCUT2D eigenvalue weighted by molar-refractivity contribution is 6.09. The molecule has 0 unspecified atom stereocenters. The van der Waals surface area contributed by atoms with Gasteiger partial charge in [0.05, 0.1) is 12.7 Å². The molecule has 3 rings (SSSR count). The maximum atomic E-state index is 12.9. The molecule has 0 radical (unpaired) electrons. The Bertz CT molecular complexity index is 1430. The molecule has 0 saturated heterocycles. The fraction of sp³-hybridized carbons (Fsp3) is 0.179. The summed E-state index contributed by atoms with van der Waals surface area (Å²) in [6.45, 7) is 3.50. The molecule has 0 aliphatic heterocycles. The van der Waals surface area contributed by atoms with E-state index in [1.54, 1.807) is 6.07 Å². The van der Waals surface area contributed by atoms with E-state index in [4.69, 9.17) is 9.47 Å². The number of halogens is 3. The zero-order chi connectivity index (χ0) is 27.9. The molecule has 0 aliphatic rings. The van der Waals surface area contributed by atoms with E-state index in [0.29, 0.717) is 11.3 Å². The number of benzene rings is 3. The van der Waals surface area contributed by atoms with Crippen molar-refractivity contribution < 1.29 is 32.2 Å². The normalized spacial score (nSPS) is 11.3. The van der Waals surface area contributed by atoms with E-state index in [9.17, 15) is 28.0 Å². The van der Waals surface area contributed by atoms with Crippen LogP contribution >= 0.6 is 0 Å². The van der Waals surface area contributed by atoms with Crippen molar-refractivity contribution in [3.63, 3.8) is 0 Å². The highest BCUT2D eigenvalue weighted by Gasteiger charge is 2.30. The first-order valence-electron chi connectivity index (χ1n) is 11.3. The van der Waals surface area contributed by atoms with Gasteiger partial charge < -0.3 is 20.1 Å². The molecule has 0 atom stereocenters. The first-order valence-corrected chi connectivity index (χ1v) is 11.3. The van der Waals surface area contributed by atoms with Gasteiger partial charge in [-0.15, -0.1) is 0 Å². The average Bonchev–Trinajstić information content (AvgIpc) is 2.88. The van der Waals surface area contributed by atoms with Crippen molar-refractivity contribution in [1.29, 1.82) is 5.26 Å². The summed E-state index contributed by atoms with van der Waals surface area (Å²) in [6, 6.07) is 16.1. The molecule has 0 heterocycles. The molecule has 2 N–H and O–H groups in total. The van der Waals surface area contributed by atoms with E-state index in [-0.39, 0.29) is 35.3 Å². The third kappa shape index (κ3) is 7.36. The van der Waals surface area contributed by atoms with Crippen molar-refractivity contribution in [2.45, 2.75) is 20.0 Å². The second kappa shape index (κ2) is 12.0. The van der Waals surface area contributed by atoms with Crippen LogP contribution in [0.15, 0.2) is 66.2 Å². The Morgan fingerprint density at radius 2 is 1.76 bits per heavy atom. The van der Waals surface area contributed by atoms with Gasteiger partial charge in [0.25, 0.3) is 11.8 Å². The van der Waals surface area contributed by atoms with E-state index in [1.165, 1.54) is 37.5 Å². The maximum Gasteiger partial charge on any atom is 0.416 e. The van der Waals surface area contributed by atoms with E-state index < -0.39 is 17.6 Å². The summed E-state index contributed by atoms with van der Waals surface area (Å²) in [5.41, 5.74) is 1.60. The van der Waals surface area contributed by atoms with Crippen LogP contribution in [0.3, 0.4) is 0 Å². The van der Waals surface area contributed by atoms with Gasteiger partial charge in [-0.05, 0) is 73.0 Å². The number of nitrogens with one attached hydrogen (secondary N) is 2. The number of aryl methyl sites for hydroxylation is 2. The highest BCUT2D eigenvalue weighted by atomic mass is 19.4. The van der Waals surface area contributed by atoms with Crippen LogP contribution < -0.4 is 20.1 Å². The second-order valence-corrected chi connectivity index (χ2v) is 8.27. The van der Waals surface area contributed by atoms with Gasteiger partial charge in [-0.2, -0.15) is 18.4 Å². The largest absolute Gasteiger partial charge is 0.493 e. The van der Waals surface area contributed by atoms with E-state index in [1.807, 2.05) is 32.0 Å². The molecule has 0 saturated carbocycles. The predicted molar refractivity (Wildman–Crippen MR) is 137 cm³/mol. The van der Waals surface area contributed by atoms with Gasteiger partial charge in [0.1, 0.15) is 11.6 Å². The lowest BCUT2D eigenvalue weighted by molar-refractivity contribution is -0.137. The van der Waals surface area contributed by atoms with Crippen LogP contribution in [0.1, 0.15) is 22.3 Å². The zero-order valence-corrected chi connectivity index (χ0v) is 20.8. The van der Waals surface area contributed by atoms with Gasteiger partial charge in [0, 0.05) is 11.4 Å². The fourth-order valence-corrected chi connectivity index (χ4v) is 3.38. The van der Waals surface area contributed by atoms with Crippen LogP contribution in [0, 0.1) is 25.2 Å². The van der Waals surface area contributed by atoms with Crippen LogP contribution in [-0.4, -0.2) is 25.5 Å². The Hall–Kier alpha value is -4.78. The number of hydrogen-bond donors (Lipinski definition) is 2. The third-order valence-corrected chi connectivity index (χ3v) is 5.34. The summed E-state index contributed by atoms with van der Waals surface area (Å²) < 4.78 is 49.7. The molecule has 0 fully saturated rings. The van der Waals surface area contributed by atoms with Gasteiger partial charge in [-0.25, -0.2) is 0 Å². The lowest BCUT2D eigenvalue weighted by Gasteiger charge is -2.13. The minimum absolute atomic E-state index is 0.105. The monoisotopic (exact) mass is 523 g/mol. The summed E-state index contributed by atoms with van der Waals surface area (Å²) in [6.07, 6.45) is -3.32. The molecule has 0 aromatic heterocycles. The van der Waals surface area contributed by atoms with Gasteiger partial charge in [-0.3, -0.25) is 9.59 Å². The smallest absolute Gasteiger partial charge is 0.416 e. The molecule has 3 aromatic carbocycles. The minimum atomic E-state index is -4.57.